The van der Waals surface area contributed by atoms with Gasteiger partial charge in [0.15, 0.2) is 5.96 Å². The lowest BCUT2D eigenvalue weighted by Crippen LogP contribution is -2.43. The molecule has 0 spiro atoms. The summed E-state index contributed by atoms with van der Waals surface area (Å²) in [5, 5.41) is 6.96. The number of nitrogens with one attached hydrogen (secondary N) is 2. The molecule has 1 saturated heterocycles. The fourth-order valence-electron chi connectivity index (χ4n) is 3.60. The van der Waals surface area contributed by atoms with Crippen LogP contribution in [0.1, 0.15) is 37.3 Å². The first-order chi connectivity index (χ1) is 11.6. The summed E-state index contributed by atoms with van der Waals surface area (Å²) in [4.78, 5) is 6.73. The number of thioether (sulfide) groups is 1. The molecule has 2 aliphatic rings. The SMILES string of the molecule is CN=C(NCc1ccc2c(c1)CCCN2C)NCC1(C)CCCS1.I. The van der Waals surface area contributed by atoms with Crippen molar-refractivity contribution in [1.29, 1.82) is 0 Å². The van der Waals surface area contributed by atoms with Gasteiger partial charge in [-0.05, 0) is 55.6 Å². The van der Waals surface area contributed by atoms with E-state index in [1.165, 1.54) is 48.3 Å². The highest BCUT2D eigenvalue weighted by Crippen LogP contribution is 2.36. The molecule has 1 aromatic rings. The van der Waals surface area contributed by atoms with Crippen molar-refractivity contribution in [2.75, 3.05) is 37.8 Å². The van der Waals surface area contributed by atoms with Crippen LogP contribution in [0.3, 0.4) is 0 Å². The molecule has 1 aromatic carbocycles. The lowest BCUT2D eigenvalue weighted by molar-refractivity contribution is 0.584. The zero-order valence-electron chi connectivity index (χ0n) is 15.6. The third-order valence-corrected chi connectivity index (χ3v) is 6.65. The topological polar surface area (TPSA) is 39.7 Å². The van der Waals surface area contributed by atoms with E-state index in [9.17, 15) is 0 Å². The number of nitrogens with zero attached hydrogens (tertiary/aromatic N) is 2. The average Bonchev–Trinajstić information content (AvgIpc) is 3.02. The molecule has 0 aromatic heterocycles. The Labute approximate surface area is 173 Å². The molecule has 2 aliphatic heterocycles. The van der Waals surface area contributed by atoms with Gasteiger partial charge in [0.2, 0.25) is 0 Å². The van der Waals surface area contributed by atoms with Crippen molar-refractivity contribution in [3.05, 3.63) is 29.3 Å². The van der Waals surface area contributed by atoms with E-state index in [-0.39, 0.29) is 24.0 Å². The van der Waals surface area contributed by atoms with Crippen LogP contribution in [0, 0.1) is 0 Å². The third-order valence-electron chi connectivity index (χ3n) is 5.11. The van der Waals surface area contributed by atoms with E-state index in [1.807, 2.05) is 7.05 Å². The van der Waals surface area contributed by atoms with Gasteiger partial charge in [0.1, 0.15) is 0 Å². The van der Waals surface area contributed by atoms with Crippen LogP contribution >= 0.6 is 35.7 Å². The molecule has 1 atom stereocenters. The Kier molecular flexibility index (Phi) is 7.73. The van der Waals surface area contributed by atoms with Crippen LogP contribution in [0.5, 0.6) is 0 Å². The normalized spacial score (nSPS) is 23.0. The number of rotatable bonds is 4. The van der Waals surface area contributed by atoms with E-state index in [0.29, 0.717) is 4.75 Å². The lowest BCUT2D eigenvalue weighted by atomic mass is 9.99. The maximum Gasteiger partial charge on any atom is 0.191 e. The summed E-state index contributed by atoms with van der Waals surface area (Å²) in [6, 6.07) is 6.84. The van der Waals surface area contributed by atoms with Crippen LogP contribution in [0.4, 0.5) is 5.69 Å². The second kappa shape index (κ2) is 9.35. The number of halogens is 1. The number of hydrogen-bond donors (Lipinski definition) is 2. The first-order valence-electron chi connectivity index (χ1n) is 9.01. The predicted molar refractivity (Wildman–Crippen MR) is 122 cm³/mol. The maximum atomic E-state index is 4.37. The quantitative estimate of drug-likeness (QED) is 0.397. The zero-order chi connectivity index (χ0) is 17.0. The van der Waals surface area contributed by atoms with E-state index in [0.717, 1.165) is 25.6 Å². The van der Waals surface area contributed by atoms with Crippen LogP contribution in [-0.2, 0) is 13.0 Å². The highest BCUT2D eigenvalue weighted by atomic mass is 127. The van der Waals surface area contributed by atoms with E-state index in [1.54, 1.807) is 0 Å². The molecule has 2 N–H and O–H groups in total. The van der Waals surface area contributed by atoms with Crippen molar-refractivity contribution in [2.24, 2.45) is 4.99 Å². The third kappa shape index (κ3) is 5.42. The van der Waals surface area contributed by atoms with Gasteiger partial charge >= 0.3 is 0 Å². The second-order valence-electron chi connectivity index (χ2n) is 7.17. The first-order valence-corrected chi connectivity index (χ1v) is 10.00. The molecule has 0 aliphatic carbocycles. The van der Waals surface area contributed by atoms with Crippen molar-refractivity contribution >= 4 is 47.4 Å². The van der Waals surface area contributed by atoms with Crippen molar-refractivity contribution in [2.45, 2.75) is 43.9 Å². The summed E-state index contributed by atoms with van der Waals surface area (Å²) >= 11 is 2.08. The Hall–Kier alpha value is -0.630. The van der Waals surface area contributed by atoms with Gasteiger partial charge in [0, 0.05) is 44.2 Å². The van der Waals surface area contributed by atoms with Crippen LogP contribution < -0.4 is 15.5 Å². The minimum atomic E-state index is 0. The van der Waals surface area contributed by atoms with Gasteiger partial charge in [-0.1, -0.05) is 12.1 Å². The molecule has 0 radical (unpaired) electrons. The summed E-state index contributed by atoms with van der Waals surface area (Å²) in [5.41, 5.74) is 4.19. The molecule has 0 bridgehead atoms. The number of guanidine groups is 1. The summed E-state index contributed by atoms with van der Waals surface area (Å²) in [6.07, 6.45) is 5.06. The molecular formula is C19H31IN4S. The van der Waals surface area contributed by atoms with Crippen molar-refractivity contribution in [3.8, 4) is 0 Å². The van der Waals surface area contributed by atoms with Gasteiger partial charge < -0.3 is 15.5 Å². The Morgan fingerprint density at radius 3 is 2.88 bits per heavy atom. The van der Waals surface area contributed by atoms with Gasteiger partial charge in [0.05, 0.1) is 0 Å². The Morgan fingerprint density at radius 2 is 2.16 bits per heavy atom. The van der Waals surface area contributed by atoms with E-state index < -0.39 is 0 Å². The molecule has 140 valence electrons. The lowest BCUT2D eigenvalue weighted by Gasteiger charge is -2.28. The van der Waals surface area contributed by atoms with Gasteiger partial charge in [0.25, 0.3) is 0 Å². The number of aliphatic imine (C=N–C) groups is 1. The second-order valence-corrected chi connectivity index (χ2v) is 8.85. The minimum absolute atomic E-state index is 0. The van der Waals surface area contributed by atoms with Crippen molar-refractivity contribution < 1.29 is 0 Å². The number of anilines is 1. The summed E-state index contributed by atoms with van der Waals surface area (Å²) in [5.74, 6) is 2.19. The van der Waals surface area contributed by atoms with Gasteiger partial charge in [-0.3, -0.25) is 4.99 Å². The van der Waals surface area contributed by atoms with Gasteiger partial charge in [-0.15, -0.1) is 24.0 Å². The molecule has 0 saturated carbocycles. The molecule has 1 unspecified atom stereocenters. The fourth-order valence-corrected chi connectivity index (χ4v) is 4.85. The van der Waals surface area contributed by atoms with Gasteiger partial charge in [-0.2, -0.15) is 11.8 Å². The maximum absolute atomic E-state index is 4.37. The van der Waals surface area contributed by atoms with Crippen molar-refractivity contribution in [3.63, 3.8) is 0 Å². The highest BCUT2D eigenvalue weighted by Gasteiger charge is 2.29. The number of benzene rings is 1. The molecule has 3 rings (SSSR count). The molecule has 25 heavy (non-hydrogen) atoms. The summed E-state index contributed by atoms with van der Waals surface area (Å²) in [7, 11) is 4.03. The monoisotopic (exact) mass is 474 g/mol. The Balaban J connectivity index is 0.00000225. The highest BCUT2D eigenvalue weighted by molar-refractivity contribution is 14.0. The first kappa shape index (κ1) is 20.7. The largest absolute Gasteiger partial charge is 0.374 e. The Bertz CT molecular complexity index is 599. The van der Waals surface area contributed by atoms with Crippen LogP contribution in [0.15, 0.2) is 23.2 Å². The number of aryl methyl sites for hydroxylation is 1. The summed E-state index contributed by atoms with van der Waals surface area (Å²) < 4.78 is 0.355. The Morgan fingerprint density at radius 1 is 1.32 bits per heavy atom. The minimum Gasteiger partial charge on any atom is -0.374 e. The predicted octanol–water partition coefficient (Wildman–Crippen LogP) is 3.64. The van der Waals surface area contributed by atoms with E-state index >= 15 is 0 Å². The van der Waals surface area contributed by atoms with E-state index in [4.69, 9.17) is 0 Å². The van der Waals surface area contributed by atoms with Gasteiger partial charge in [-0.25, -0.2) is 0 Å². The molecule has 0 amide bonds. The molecule has 6 heteroatoms. The van der Waals surface area contributed by atoms with Crippen LogP contribution in [0.25, 0.3) is 0 Å². The molecule has 2 heterocycles. The molecule has 4 nitrogen and oxygen atoms in total. The molecular weight excluding hydrogens is 443 g/mol. The summed E-state index contributed by atoms with van der Waals surface area (Å²) in [6.45, 7) is 5.32. The van der Waals surface area contributed by atoms with Crippen LogP contribution in [-0.4, -0.2) is 43.6 Å². The smallest absolute Gasteiger partial charge is 0.191 e. The van der Waals surface area contributed by atoms with Crippen molar-refractivity contribution in [1.82, 2.24) is 10.6 Å². The standard InChI is InChI=1S/C19H30N4S.HI/c1-19(9-5-11-24-19)14-22-18(20-2)21-13-15-7-8-17-16(12-15)6-4-10-23(17)3;/h7-8,12H,4-6,9-11,13-14H2,1-3H3,(H2,20,21,22);1H. The average molecular weight is 474 g/mol. The number of hydrogen-bond acceptors (Lipinski definition) is 3. The molecule has 1 fully saturated rings. The fraction of sp³-hybridized carbons (Fsp3) is 0.632. The van der Waals surface area contributed by atoms with E-state index in [2.05, 4.69) is 64.5 Å². The van der Waals surface area contributed by atoms with Crippen LogP contribution in [0.2, 0.25) is 0 Å². The zero-order valence-corrected chi connectivity index (χ0v) is 18.7. The number of fused-ring (bicyclic) bond motifs is 1.